The van der Waals surface area contributed by atoms with E-state index in [1.54, 1.807) is 76.6 Å². The molecule has 0 saturated heterocycles. The Morgan fingerprint density at radius 3 is 1.23 bits per heavy atom. The first-order chi connectivity index (χ1) is 44.2. The van der Waals surface area contributed by atoms with Gasteiger partial charge in [-0.3, -0.25) is 19.2 Å². The predicted octanol–water partition coefficient (Wildman–Crippen LogP) is 3.31. The molecule has 0 radical (unpaired) electrons. The molecule has 4 aromatic carbocycles. The summed E-state index contributed by atoms with van der Waals surface area (Å²) < 4.78 is 39.2. The van der Waals surface area contributed by atoms with Crippen LogP contribution in [0.4, 0.5) is 0 Å². The van der Waals surface area contributed by atoms with Crippen LogP contribution < -0.4 is 152 Å². The first kappa shape index (κ1) is 82.3. The summed E-state index contributed by atoms with van der Waals surface area (Å²) in [6, 6.07) is 24.4. The number of ether oxygens (including phenoxy) is 6. The number of nitrogens with zero attached hydrogens (tertiary/aromatic N) is 4. The van der Waals surface area contributed by atoms with Crippen LogP contribution in [0.1, 0.15) is 136 Å². The van der Waals surface area contributed by atoms with Gasteiger partial charge in [0.15, 0.2) is 21.7 Å². The molecule has 25 nitrogen and oxygen atoms in total. The van der Waals surface area contributed by atoms with Gasteiger partial charge < -0.3 is 83.2 Å². The van der Waals surface area contributed by atoms with Gasteiger partial charge in [0.1, 0.15) is 51.9 Å². The van der Waals surface area contributed by atoms with E-state index in [9.17, 15) is 58.8 Å². The third kappa shape index (κ3) is 18.8. The molecule has 0 spiro atoms. The number of aromatic nitrogens is 4. The molecule has 97 heavy (non-hydrogen) atoms. The minimum atomic E-state index is -1.22. The summed E-state index contributed by atoms with van der Waals surface area (Å²) in [5.41, 5.74) is 5.95. The van der Waals surface area contributed by atoms with E-state index in [-0.39, 0.29) is 217 Å². The Kier molecular flexibility index (Phi) is 30.6. The number of pyridine rings is 4. The van der Waals surface area contributed by atoms with E-state index in [0.717, 1.165) is 27.9 Å². The minimum absolute atomic E-state index is 0. The van der Waals surface area contributed by atoms with Crippen molar-refractivity contribution in [2.45, 2.75) is 100 Å². The van der Waals surface area contributed by atoms with Crippen molar-refractivity contribution >= 4 is 23.9 Å². The van der Waals surface area contributed by atoms with Gasteiger partial charge in [0, 0.05) is 95.2 Å². The maximum Gasteiger partial charge on any atom is 1.00 e. The summed E-state index contributed by atoms with van der Waals surface area (Å²) in [7, 11) is 0. The zero-order valence-corrected chi connectivity index (χ0v) is 66.0. The van der Waals surface area contributed by atoms with Gasteiger partial charge in [-0.05, 0) is 85.6 Å². The van der Waals surface area contributed by atoms with Crippen LogP contribution in [0, 0.1) is 39.8 Å². The third-order valence-corrected chi connectivity index (χ3v) is 15.5. The number of aliphatic hydroxyl groups excluding tert-OH is 1. The molecule has 3 aliphatic rings. The first-order valence-corrected chi connectivity index (χ1v) is 29.9. The number of fused-ring (bicyclic) bond motifs is 9. The molecular weight excluding hydrogens is 1400 g/mol. The first-order valence-electron chi connectivity index (χ1n) is 29.9. The number of rotatable bonds is 10. The number of carboxylic acid groups (broad SMARTS) is 1. The number of phenols is 3. The Labute approximate surface area is 656 Å². The van der Waals surface area contributed by atoms with Gasteiger partial charge in [0.25, 0.3) is 0 Å². The fourth-order valence-corrected chi connectivity index (χ4v) is 10.4. The molecule has 4 atom stereocenters. The molecule has 27 heteroatoms. The maximum atomic E-state index is 12.4. The summed E-state index contributed by atoms with van der Waals surface area (Å²) in [5.74, 6) is -1.48. The van der Waals surface area contributed by atoms with Crippen LogP contribution in [0.3, 0.4) is 0 Å². The predicted molar refractivity (Wildman–Crippen MR) is 347 cm³/mol. The minimum Gasteiger partial charge on any atom is -0.870 e. The molecule has 0 fully saturated rings. The molecule has 3 aliphatic heterocycles. The number of aromatic carboxylic acids is 1. The standard InChI is InChI=1S/C18H21NO6.C18H19NO5.C18H18NO4.C16H14NO4.2H2O.2Rb/c1-4-25-18(24)13-8-19(11(3)9-20)14(6-16(13)22)12-5-10(2)15(21)7-17(12)23;1-4-23-18(22)13-8-19-11(3)9-24-17-7-15(20)10(2)5-12(17)14(19)6-16(13)21;1-4-22-18(21)14-9-19-12(3)10-23-17-6-5-11(2)7-13(17)15(19)8-16(14)20;1-9-3-4-15-11(5-9)13-6-14(18)12(16(19)20)7-17(13)10(2)8-21-15;;;;/h5-8,11,20-21,23H,4,9H2,1-3H3;5-8,11,20H,4,9H2,1-3H3;6-9,12H,4,10H2,1-3H3;4-7,10H,8H2,1-2H3,(H,19,20);2*1H2;;/q;;2*-1;;;2*+1/p-2/t2*11-;12-;10-;;;;/m1111..../s1. The van der Waals surface area contributed by atoms with Gasteiger partial charge in [0.05, 0.1) is 75.2 Å². The van der Waals surface area contributed by atoms with Crippen molar-refractivity contribution in [2.75, 3.05) is 46.2 Å². The Morgan fingerprint density at radius 1 is 0.495 bits per heavy atom. The van der Waals surface area contributed by atoms with E-state index in [1.165, 1.54) is 59.6 Å². The molecule has 7 heterocycles. The fraction of sp³-hybridized carbons (Fsp3) is 0.314. The molecule has 0 saturated carbocycles. The number of hydrogen-bond donors (Lipinski definition) is 5. The molecule has 0 aliphatic carbocycles. The number of esters is 3. The average molecular weight is 1480 g/mol. The molecule has 0 amide bonds. The molecule has 7 N–H and O–H groups in total. The summed E-state index contributed by atoms with van der Waals surface area (Å²) >= 11 is 0. The number of aromatic hydroxyl groups is 3. The molecule has 11 rings (SSSR count). The third-order valence-electron chi connectivity index (χ3n) is 15.5. The maximum absolute atomic E-state index is 12.4. The fourth-order valence-electron chi connectivity index (χ4n) is 10.4. The number of carbonyl (C=O) groups is 4. The van der Waals surface area contributed by atoms with Crippen molar-refractivity contribution in [1.29, 1.82) is 0 Å². The zero-order chi connectivity index (χ0) is 67.9. The molecule has 0 bridgehead atoms. The van der Waals surface area contributed by atoms with Gasteiger partial charge in [-0.1, -0.05) is 25.0 Å². The van der Waals surface area contributed by atoms with Crippen LogP contribution in [0.25, 0.3) is 45.0 Å². The molecule has 504 valence electrons. The van der Waals surface area contributed by atoms with Crippen molar-refractivity contribution in [3.05, 3.63) is 195 Å². The van der Waals surface area contributed by atoms with Crippen molar-refractivity contribution in [3.8, 4) is 79.5 Å². The zero-order valence-electron chi connectivity index (χ0n) is 56.1. The molecule has 4 aromatic heterocycles. The van der Waals surface area contributed by atoms with Crippen LogP contribution in [0.15, 0.2) is 117 Å². The van der Waals surface area contributed by atoms with Gasteiger partial charge in [0.2, 0.25) is 0 Å². The quantitative estimate of drug-likeness (QED) is 0.0745. The summed E-state index contributed by atoms with van der Waals surface area (Å²) in [4.78, 5) is 96.2. The van der Waals surface area contributed by atoms with Crippen LogP contribution in [0.2, 0.25) is 0 Å². The number of phenolic OH excluding ortho intramolecular Hbond substituents is 3. The van der Waals surface area contributed by atoms with Crippen LogP contribution in [0.5, 0.6) is 34.5 Å². The Bertz CT molecular complexity index is 4480. The number of benzene rings is 4. The number of carboxylic acids is 1. The number of hydrogen-bond acceptors (Lipinski definition) is 20. The largest absolute Gasteiger partial charge is 1.00 e. The molecular formula is C70H74N4O21Rb2-2. The van der Waals surface area contributed by atoms with Crippen molar-refractivity contribution in [3.63, 3.8) is 0 Å². The Balaban J connectivity index is 0.000000272. The van der Waals surface area contributed by atoms with Crippen molar-refractivity contribution in [2.24, 2.45) is 0 Å². The Hall–Kier alpha value is -7.15. The second kappa shape index (κ2) is 36.1. The van der Waals surface area contributed by atoms with E-state index in [4.69, 9.17) is 33.5 Å². The second-order valence-corrected chi connectivity index (χ2v) is 22.4. The van der Waals surface area contributed by atoms with Crippen molar-refractivity contribution < 1.29 is 200 Å². The number of carbonyl (C=O) groups excluding carboxylic acids is 3. The topological polar surface area (TPSA) is 373 Å². The van der Waals surface area contributed by atoms with Crippen molar-refractivity contribution in [1.82, 2.24) is 18.3 Å². The van der Waals surface area contributed by atoms with Gasteiger partial charge >= 0.3 is 140 Å². The summed E-state index contributed by atoms with van der Waals surface area (Å²) in [6.07, 6.45) is 5.82. The monoisotopic (exact) mass is 1480 g/mol. The smallest absolute Gasteiger partial charge is 0.870 e. The second-order valence-electron chi connectivity index (χ2n) is 22.4. The summed E-state index contributed by atoms with van der Waals surface area (Å²) in [5, 5.41) is 48.4. The van der Waals surface area contributed by atoms with Gasteiger partial charge in [-0.15, -0.1) is 12.1 Å². The van der Waals surface area contributed by atoms with Crippen LogP contribution in [-0.4, -0.2) is 125 Å². The summed E-state index contributed by atoms with van der Waals surface area (Å²) in [6.45, 7) is 21.4. The normalized spacial score (nSPS) is 14.3. The van der Waals surface area contributed by atoms with E-state index >= 15 is 0 Å². The average Bonchev–Trinajstić information content (AvgIpc) is 1.79. The number of aliphatic hydroxyl groups is 1. The van der Waals surface area contributed by atoms with Gasteiger partial charge in [-0.2, -0.15) is 35.4 Å². The SMILES string of the molecule is CCOC(=O)c1cn([C@H](C)CO)c(-c2cc(C)c(O)cc2O)cc1=O.CCOC(=O)c1cn2c(cc1=O)-c1cc(C)[c-]cc1OC[C@H]2C.CCOC(=O)c1cn2c(cc1=O)-c1cc(C)c(O)cc1OC[C@H]2C.Cc1[c-]cc2c(c1)-c1cc(=O)c(C(=O)O)cn1[C@H](C)CO2.[OH-].[OH-].[Rb+].[Rb+]. The van der Waals surface area contributed by atoms with Crippen LogP contribution >= 0.6 is 0 Å². The van der Waals surface area contributed by atoms with Crippen LogP contribution in [-0.2, 0) is 14.2 Å². The Morgan fingerprint density at radius 2 is 0.835 bits per heavy atom. The van der Waals surface area contributed by atoms with E-state index in [2.05, 4.69) is 12.1 Å². The van der Waals surface area contributed by atoms with E-state index < -0.39 is 46.2 Å². The van der Waals surface area contributed by atoms with E-state index in [0.29, 0.717) is 76.4 Å². The molecule has 8 aromatic rings. The molecule has 0 unspecified atom stereocenters. The number of aryl methyl sites for hydroxylation is 4. The van der Waals surface area contributed by atoms with E-state index in [1.807, 2.05) is 55.9 Å². The van der Waals surface area contributed by atoms with Gasteiger partial charge in [-0.25, -0.2) is 19.2 Å².